The second kappa shape index (κ2) is 8.32. The van der Waals surface area contributed by atoms with Crippen LogP contribution in [0, 0.1) is 18.6 Å². The number of benzene rings is 2. The second-order valence-electron chi connectivity index (χ2n) is 6.60. The lowest BCUT2D eigenvalue weighted by atomic mass is 10.2. The van der Waals surface area contributed by atoms with Gasteiger partial charge in [-0.25, -0.2) is 18.3 Å². The molecule has 1 heterocycles. The maximum Gasteiger partial charge on any atom is 0.341 e. The first-order chi connectivity index (χ1) is 14.2. The van der Waals surface area contributed by atoms with Crippen LogP contribution in [0.3, 0.4) is 0 Å². The van der Waals surface area contributed by atoms with Crippen molar-refractivity contribution < 1.29 is 23.1 Å². The third-order valence-corrected chi connectivity index (χ3v) is 4.61. The van der Waals surface area contributed by atoms with E-state index in [2.05, 4.69) is 5.32 Å². The normalized spacial score (nSPS) is 11.8. The zero-order valence-electron chi connectivity index (χ0n) is 16.5. The molecule has 7 nitrogen and oxygen atoms in total. The predicted molar refractivity (Wildman–Crippen MR) is 106 cm³/mol. The Morgan fingerprint density at radius 2 is 1.77 bits per heavy atom. The third-order valence-electron chi connectivity index (χ3n) is 4.61. The maximum atomic E-state index is 13.7. The highest BCUT2D eigenvalue weighted by atomic mass is 19.1. The minimum atomic E-state index is -1.33. The Balaban J connectivity index is 1.79. The summed E-state index contributed by atoms with van der Waals surface area (Å²) in [5, 5.41) is 2.47. The number of para-hydroxylation sites is 1. The molecule has 3 aromatic rings. The molecule has 30 heavy (non-hydrogen) atoms. The summed E-state index contributed by atoms with van der Waals surface area (Å²) in [5.41, 5.74) is 0.165. The van der Waals surface area contributed by atoms with Crippen LogP contribution in [0.2, 0.25) is 0 Å². The minimum Gasteiger partial charge on any atom is -0.449 e. The fourth-order valence-electron chi connectivity index (χ4n) is 2.87. The molecule has 0 saturated heterocycles. The first kappa shape index (κ1) is 21.0. The molecule has 9 heteroatoms. The number of carbonyl (C=O) groups is 2. The van der Waals surface area contributed by atoms with E-state index in [-0.39, 0.29) is 5.69 Å². The van der Waals surface area contributed by atoms with Crippen LogP contribution >= 0.6 is 0 Å². The standard InChI is InChI=1S/C21H19F2N3O4/c1-12-18(20(28)26(25(12)3)15-7-5-4-6-8-15)24-19(27)13(2)30-21(29)16-10-9-14(22)11-17(16)23/h4-11,13H,1-3H3,(H,24,27)/t13-/m0/s1. The summed E-state index contributed by atoms with van der Waals surface area (Å²) in [6.45, 7) is 2.93. The zero-order valence-corrected chi connectivity index (χ0v) is 16.5. The lowest BCUT2D eigenvalue weighted by molar-refractivity contribution is -0.123. The van der Waals surface area contributed by atoms with E-state index in [4.69, 9.17) is 4.74 Å². The topological polar surface area (TPSA) is 82.3 Å². The highest BCUT2D eigenvalue weighted by molar-refractivity contribution is 5.97. The second-order valence-corrected chi connectivity index (χ2v) is 6.60. The summed E-state index contributed by atoms with van der Waals surface area (Å²) in [5.74, 6) is -3.83. The Kier molecular flexibility index (Phi) is 5.81. The van der Waals surface area contributed by atoms with E-state index < -0.39 is 40.7 Å². The number of esters is 1. The van der Waals surface area contributed by atoms with Crippen molar-refractivity contribution in [2.45, 2.75) is 20.0 Å². The van der Waals surface area contributed by atoms with E-state index in [0.717, 1.165) is 12.1 Å². The number of rotatable bonds is 5. The average molecular weight is 415 g/mol. The van der Waals surface area contributed by atoms with Crippen LogP contribution in [0.15, 0.2) is 53.3 Å². The van der Waals surface area contributed by atoms with Crippen molar-refractivity contribution in [1.82, 2.24) is 9.36 Å². The quantitative estimate of drug-likeness (QED) is 0.650. The van der Waals surface area contributed by atoms with Crippen molar-refractivity contribution in [2.75, 3.05) is 5.32 Å². The van der Waals surface area contributed by atoms with Gasteiger partial charge in [-0.15, -0.1) is 0 Å². The number of nitrogens with zero attached hydrogens (tertiary/aromatic N) is 2. The van der Waals surface area contributed by atoms with Gasteiger partial charge in [0.15, 0.2) is 6.10 Å². The largest absolute Gasteiger partial charge is 0.449 e. The van der Waals surface area contributed by atoms with E-state index in [1.54, 1.807) is 42.9 Å². The van der Waals surface area contributed by atoms with Gasteiger partial charge in [-0.1, -0.05) is 18.2 Å². The molecule has 0 bridgehead atoms. The van der Waals surface area contributed by atoms with Gasteiger partial charge < -0.3 is 10.1 Å². The molecule has 1 atom stereocenters. The molecule has 0 fully saturated rings. The van der Waals surface area contributed by atoms with Crippen LogP contribution < -0.4 is 10.9 Å². The number of anilines is 1. The van der Waals surface area contributed by atoms with Gasteiger partial charge in [0.05, 0.1) is 16.9 Å². The van der Waals surface area contributed by atoms with Gasteiger partial charge in [-0.05, 0) is 38.1 Å². The first-order valence-electron chi connectivity index (χ1n) is 9.01. The Bertz CT molecular complexity index is 1170. The summed E-state index contributed by atoms with van der Waals surface area (Å²) in [6.07, 6.45) is -1.33. The molecule has 1 N–H and O–H groups in total. The molecule has 3 rings (SSSR count). The highest BCUT2D eigenvalue weighted by Gasteiger charge is 2.24. The SMILES string of the molecule is Cc1c(NC(=O)[C@H](C)OC(=O)c2ccc(F)cc2F)c(=O)n(-c2ccccc2)n1C. The smallest absolute Gasteiger partial charge is 0.341 e. The van der Waals surface area contributed by atoms with Crippen LogP contribution in [-0.4, -0.2) is 27.3 Å². The predicted octanol–water partition coefficient (Wildman–Crippen LogP) is 2.95. The molecule has 0 aliphatic carbocycles. The van der Waals surface area contributed by atoms with Crippen LogP contribution in [0.5, 0.6) is 0 Å². The van der Waals surface area contributed by atoms with Crippen molar-refractivity contribution in [2.24, 2.45) is 7.05 Å². The van der Waals surface area contributed by atoms with E-state index in [1.165, 1.54) is 11.6 Å². The number of hydrogen-bond donors (Lipinski definition) is 1. The number of hydrogen-bond acceptors (Lipinski definition) is 4. The molecule has 1 aromatic heterocycles. The minimum absolute atomic E-state index is 0.0298. The molecule has 156 valence electrons. The van der Waals surface area contributed by atoms with Crippen molar-refractivity contribution in [3.8, 4) is 5.69 Å². The van der Waals surface area contributed by atoms with E-state index >= 15 is 0 Å². The first-order valence-corrected chi connectivity index (χ1v) is 9.01. The fraction of sp³-hybridized carbons (Fsp3) is 0.190. The highest BCUT2D eigenvalue weighted by Crippen LogP contribution is 2.16. The molecule has 2 aromatic carbocycles. The number of amides is 1. The number of aromatic nitrogens is 2. The molecule has 0 radical (unpaired) electrons. The maximum absolute atomic E-state index is 13.7. The number of carbonyl (C=O) groups excluding carboxylic acids is 2. The molecule has 0 unspecified atom stereocenters. The zero-order chi connectivity index (χ0) is 22.0. The molecule has 0 aliphatic rings. The van der Waals surface area contributed by atoms with Gasteiger partial charge in [-0.2, -0.15) is 0 Å². The van der Waals surface area contributed by atoms with Gasteiger partial charge in [0.2, 0.25) is 0 Å². The summed E-state index contributed by atoms with van der Waals surface area (Å²) in [4.78, 5) is 37.4. The van der Waals surface area contributed by atoms with Gasteiger partial charge >= 0.3 is 5.97 Å². The lowest BCUT2D eigenvalue weighted by Crippen LogP contribution is -2.32. The number of ether oxygens (including phenoxy) is 1. The van der Waals surface area contributed by atoms with Crippen molar-refractivity contribution >= 4 is 17.6 Å². The summed E-state index contributed by atoms with van der Waals surface area (Å²) in [6, 6.07) is 11.2. The molecular formula is C21H19F2N3O4. The third kappa shape index (κ3) is 4.00. The van der Waals surface area contributed by atoms with Gasteiger partial charge in [0.25, 0.3) is 11.5 Å². The monoisotopic (exact) mass is 415 g/mol. The Morgan fingerprint density at radius 1 is 1.10 bits per heavy atom. The van der Waals surface area contributed by atoms with Crippen molar-refractivity contribution in [3.63, 3.8) is 0 Å². The summed E-state index contributed by atoms with van der Waals surface area (Å²) < 4.78 is 34.6. The molecule has 0 spiro atoms. The van der Waals surface area contributed by atoms with Gasteiger partial charge in [0.1, 0.15) is 17.3 Å². The van der Waals surface area contributed by atoms with Crippen molar-refractivity contribution in [3.05, 3.63) is 81.8 Å². The van der Waals surface area contributed by atoms with Gasteiger partial charge in [0, 0.05) is 13.1 Å². The summed E-state index contributed by atoms with van der Waals surface area (Å²) >= 11 is 0. The molecule has 0 aliphatic heterocycles. The number of halogens is 2. The van der Waals surface area contributed by atoms with Crippen LogP contribution in [0.4, 0.5) is 14.5 Å². The fourth-order valence-corrected chi connectivity index (χ4v) is 2.87. The number of nitrogens with one attached hydrogen (secondary N) is 1. The van der Waals surface area contributed by atoms with E-state index in [0.29, 0.717) is 17.4 Å². The van der Waals surface area contributed by atoms with E-state index in [1.807, 2.05) is 6.07 Å². The molecule has 1 amide bonds. The Labute approximate surface area is 170 Å². The summed E-state index contributed by atoms with van der Waals surface area (Å²) in [7, 11) is 1.67. The van der Waals surface area contributed by atoms with E-state index in [9.17, 15) is 23.2 Å². The van der Waals surface area contributed by atoms with Crippen molar-refractivity contribution in [1.29, 1.82) is 0 Å². The Hall–Kier alpha value is -3.75. The van der Waals surface area contributed by atoms with Crippen LogP contribution in [0.25, 0.3) is 5.69 Å². The Morgan fingerprint density at radius 3 is 2.40 bits per heavy atom. The average Bonchev–Trinajstić information content (AvgIpc) is 2.91. The lowest BCUT2D eigenvalue weighted by Gasteiger charge is -2.13. The van der Waals surface area contributed by atoms with Gasteiger partial charge in [-0.3, -0.25) is 14.3 Å². The molecular weight excluding hydrogens is 396 g/mol. The van der Waals surface area contributed by atoms with Crippen LogP contribution in [-0.2, 0) is 16.6 Å². The van der Waals surface area contributed by atoms with Crippen LogP contribution in [0.1, 0.15) is 23.0 Å². The molecule has 0 saturated carbocycles.